The van der Waals surface area contributed by atoms with Gasteiger partial charge in [0.2, 0.25) is 0 Å². The van der Waals surface area contributed by atoms with Crippen molar-refractivity contribution in [3.05, 3.63) is 12.7 Å². The molecule has 0 aromatic rings. The van der Waals surface area contributed by atoms with Crippen LogP contribution in [0.5, 0.6) is 0 Å². The minimum absolute atomic E-state index is 0.138. The summed E-state index contributed by atoms with van der Waals surface area (Å²) >= 11 is 0. The standard InChI is InChI=1S/C11H18O2/c1-3-5-11(12-8-9-13-11)10(4-2)6-7-10/h4H,2-3,5-9H2,1H3. The molecule has 1 aliphatic carbocycles. The average Bonchev–Trinajstić information content (AvgIpc) is 2.83. The molecule has 0 bridgehead atoms. The van der Waals surface area contributed by atoms with Gasteiger partial charge in [0.25, 0.3) is 0 Å². The highest BCUT2D eigenvalue weighted by atomic mass is 16.7. The van der Waals surface area contributed by atoms with Crippen LogP contribution < -0.4 is 0 Å². The molecule has 1 aliphatic heterocycles. The maximum atomic E-state index is 5.81. The molecule has 0 unspecified atom stereocenters. The lowest BCUT2D eigenvalue weighted by molar-refractivity contribution is -0.198. The molecular formula is C11H18O2. The van der Waals surface area contributed by atoms with Crippen molar-refractivity contribution in [2.75, 3.05) is 13.2 Å². The van der Waals surface area contributed by atoms with E-state index in [4.69, 9.17) is 9.47 Å². The van der Waals surface area contributed by atoms with Crippen molar-refractivity contribution < 1.29 is 9.47 Å². The molecule has 13 heavy (non-hydrogen) atoms. The summed E-state index contributed by atoms with van der Waals surface area (Å²) in [6.45, 7) is 7.57. The normalized spacial score (nSPS) is 28.7. The lowest BCUT2D eigenvalue weighted by atomic mass is 9.91. The molecule has 1 saturated carbocycles. The average molecular weight is 182 g/mol. The van der Waals surface area contributed by atoms with Gasteiger partial charge in [-0.1, -0.05) is 19.4 Å². The van der Waals surface area contributed by atoms with Crippen LogP contribution in [0.4, 0.5) is 0 Å². The Morgan fingerprint density at radius 2 is 1.92 bits per heavy atom. The van der Waals surface area contributed by atoms with E-state index in [2.05, 4.69) is 13.5 Å². The SMILES string of the molecule is C=CC1(C2(CCC)OCCO2)CC1. The van der Waals surface area contributed by atoms with Crippen LogP contribution in [0.25, 0.3) is 0 Å². The molecule has 2 rings (SSSR count). The summed E-state index contributed by atoms with van der Waals surface area (Å²) < 4.78 is 11.6. The Kier molecular flexibility index (Phi) is 2.20. The highest BCUT2D eigenvalue weighted by Gasteiger charge is 2.60. The fraction of sp³-hybridized carbons (Fsp3) is 0.818. The third-order valence-electron chi connectivity index (χ3n) is 3.27. The Morgan fingerprint density at radius 3 is 2.31 bits per heavy atom. The smallest absolute Gasteiger partial charge is 0.177 e. The monoisotopic (exact) mass is 182 g/mol. The molecule has 2 aliphatic rings. The van der Waals surface area contributed by atoms with Gasteiger partial charge in [-0.25, -0.2) is 0 Å². The summed E-state index contributed by atoms with van der Waals surface area (Å²) in [6, 6.07) is 0. The van der Waals surface area contributed by atoms with Gasteiger partial charge in [0.05, 0.1) is 13.2 Å². The van der Waals surface area contributed by atoms with E-state index in [-0.39, 0.29) is 11.2 Å². The van der Waals surface area contributed by atoms with Gasteiger partial charge in [0.15, 0.2) is 5.79 Å². The topological polar surface area (TPSA) is 18.5 Å². The third-order valence-corrected chi connectivity index (χ3v) is 3.27. The predicted octanol–water partition coefficient (Wildman–Crippen LogP) is 2.50. The predicted molar refractivity (Wildman–Crippen MR) is 51.4 cm³/mol. The van der Waals surface area contributed by atoms with E-state index in [0.29, 0.717) is 0 Å². The van der Waals surface area contributed by atoms with E-state index in [1.54, 1.807) is 0 Å². The molecule has 0 atom stereocenters. The van der Waals surface area contributed by atoms with E-state index >= 15 is 0 Å². The minimum Gasteiger partial charge on any atom is -0.347 e. The number of hydrogen-bond donors (Lipinski definition) is 0. The number of ether oxygens (including phenoxy) is 2. The maximum absolute atomic E-state index is 5.81. The first kappa shape index (κ1) is 9.22. The van der Waals surface area contributed by atoms with Crippen molar-refractivity contribution in [2.24, 2.45) is 5.41 Å². The Morgan fingerprint density at radius 1 is 1.31 bits per heavy atom. The van der Waals surface area contributed by atoms with Crippen LogP contribution in [0.15, 0.2) is 12.7 Å². The Bertz CT molecular complexity index is 200. The van der Waals surface area contributed by atoms with Crippen LogP contribution in [0.1, 0.15) is 32.6 Å². The van der Waals surface area contributed by atoms with Gasteiger partial charge in [-0.05, 0) is 12.8 Å². The van der Waals surface area contributed by atoms with Gasteiger partial charge < -0.3 is 9.47 Å². The summed E-state index contributed by atoms with van der Waals surface area (Å²) in [7, 11) is 0. The van der Waals surface area contributed by atoms with Crippen molar-refractivity contribution in [1.82, 2.24) is 0 Å². The van der Waals surface area contributed by atoms with E-state index in [0.717, 1.165) is 26.1 Å². The first-order valence-corrected chi connectivity index (χ1v) is 5.20. The molecule has 2 heteroatoms. The number of hydrogen-bond acceptors (Lipinski definition) is 2. The van der Waals surface area contributed by atoms with Crippen LogP contribution in [0, 0.1) is 5.41 Å². The second kappa shape index (κ2) is 3.10. The summed E-state index contributed by atoms with van der Waals surface area (Å²) in [6.07, 6.45) is 6.50. The van der Waals surface area contributed by atoms with Gasteiger partial charge in [0, 0.05) is 11.8 Å². The highest BCUT2D eigenvalue weighted by Crippen LogP contribution is 2.59. The van der Waals surface area contributed by atoms with Gasteiger partial charge in [-0.3, -0.25) is 0 Å². The van der Waals surface area contributed by atoms with Crippen molar-refractivity contribution in [3.63, 3.8) is 0 Å². The van der Waals surface area contributed by atoms with Gasteiger partial charge in [-0.15, -0.1) is 6.58 Å². The fourth-order valence-corrected chi connectivity index (χ4v) is 2.34. The summed E-state index contributed by atoms with van der Waals surface area (Å²) in [5.41, 5.74) is 0.138. The van der Waals surface area contributed by atoms with Gasteiger partial charge in [0.1, 0.15) is 0 Å². The van der Waals surface area contributed by atoms with Crippen LogP contribution in [-0.4, -0.2) is 19.0 Å². The summed E-state index contributed by atoms with van der Waals surface area (Å²) in [4.78, 5) is 0. The van der Waals surface area contributed by atoms with Gasteiger partial charge in [-0.2, -0.15) is 0 Å². The quantitative estimate of drug-likeness (QED) is 0.622. The van der Waals surface area contributed by atoms with Crippen LogP contribution in [0.3, 0.4) is 0 Å². The molecule has 1 heterocycles. The van der Waals surface area contributed by atoms with E-state index in [1.165, 1.54) is 12.8 Å². The third kappa shape index (κ3) is 1.24. The fourth-order valence-electron chi connectivity index (χ4n) is 2.34. The molecule has 74 valence electrons. The molecule has 0 aromatic carbocycles. The molecule has 1 saturated heterocycles. The number of rotatable bonds is 4. The lowest BCUT2D eigenvalue weighted by Gasteiger charge is -2.34. The van der Waals surface area contributed by atoms with Crippen LogP contribution in [0.2, 0.25) is 0 Å². The second-order valence-electron chi connectivity index (χ2n) is 4.06. The van der Waals surface area contributed by atoms with Crippen molar-refractivity contribution >= 4 is 0 Å². The highest BCUT2D eigenvalue weighted by molar-refractivity contribution is 5.15. The molecule has 0 aromatic heterocycles. The molecule has 0 amide bonds. The first-order chi connectivity index (χ1) is 6.29. The second-order valence-corrected chi connectivity index (χ2v) is 4.06. The minimum atomic E-state index is -0.316. The molecule has 2 fully saturated rings. The molecule has 2 nitrogen and oxygen atoms in total. The van der Waals surface area contributed by atoms with Crippen molar-refractivity contribution in [3.8, 4) is 0 Å². The first-order valence-electron chi connectivity index (χ1n) is 5.20. The zero-order valence-corrected chi connectivity index (χ0v) is 8.34. The van der Waals surface area contributed by atoms with Crippen molar-refractivity contribution in [2.45, 2.75) is 38.4 Å². The van der Waals surface area contributed by atoms with Gasteiger partial charge >= 0.3 is 0 Å². The van der Waals surface area contributed by atoms with E-state index < -0.39 is 0 Å². The van der Waals surface area contributed by atoms with E-state index in [1.807, 2.05) is 6.08 Å². The van der Waals surface area contributed by atoms with E-state index in [9.17, 15) is 0 Å². The van der Waals surface area contributed by atoms with Crippen molar-refractivity contribution in [1.29, 1.82) is 0 Å². The molecule has 0 N–H and O–H groups in total. The van der Waals surface area contributed by atoms with Crippen LogP contribution >= 0.6 is 0 Å². The molecular weight excluding hydrogens is 164 g/mol. The summed E-state index contributed by atoms with van der Waals surface area (Å²) in [5, 5.41) is 0. The summed E-state index contributed by atoms with van der Waals surface area (Å²) in [5.74, 6) is -0.316. The lowest BCUT2D eigenvalue weighted by Crippen LogP contribution is -2.39. The largest absolute Gasteiger partial charge is 0.347 e. The molecule has 0 radical (unpaired) electrons. The van der Waals surface area contributed by atoms with Crippen LogP contribution in [-0.2, 0) is 9.47 Å². The Labute approximate surface area is 79.9 Å². The molecule has 0 spiro atoms. The zero-order valence-electron chi connectivity index (χ0n) is 8.34. The Hall–Kier alpha value is -0.340. The maximum Gasteiger partial charge on any atom is 0.177 e. The zero-order chi connectivity index (χ0) is 9.36. The Balaban J connectivity index is 2.17.